The Kier molecular flexibility index (Phi) is 3.86. The van der Waals surface area contributed by atoms with Gasteiger partial charge < -0.3 is 4.74 Å². The van der Waals surface area contributed by atoms with Crippen LogP contribution in [0.4, 0.5) is 18.3 Å². The maximum absolute atomic E-state index is 11.8. The molecular weight excluding hydrogens is 269 g/mol. The van der Waals surface area contributed by atoms with Gasteiger partial charge in [-0.15, -0.1) is 11.3 Å². The Morgan fingerprint density at radius 2 is 2.28 bits per heavy atom. The number of carbonyl (C=O) groups is 1. The highest BCUT2D eigenvalue weighted by atomic mass is 32.1. The predicted octanol–water partition coefficient (Wildman–Crippen LogP) is 2.54. The van der Waals surface area contributed by atoms with Gasteiger partial charge in [-0.2, -0.15) is 13.2 Å². The molecule has 2 rings (SSSR count). The van der Waals surface area contributed by atoms with Crippen LogP contribution >= 0.6 is 11.3 Å². The molecule has 4 nitrogen and oxygen atoms in total. The minimum absolute atomic E-state index is 0.400. The standard InChI is InChI=1S/C10H11F3N2O2S/c11-10(12,13)5-17-3-8(16)15-9-14-7(4-18-9)6-1-2-6/h4,6H,1-3,5H2,(H,14,15,16). The average molecular weight is 280 g/mol. The first-order valence-electron chi connectivity index (χ1n) is 5.34. The molecule has 0 atom stereocenters. The number of hydrogen-bond acceptors (Lipinski definition) is 4. The summed E-state index contributed by atoms with van der Waals surface area (Å²) >= 11 is 1.26. The molecule has 1 aliphatic rings. The maximum atomic E-state index is 11.8. The number of ether oxygens (including phenoxy) is 1. The highest BCUT2D eigenvalue weighted by Crippen LogP contribution is 2.40. The Morgan fingerprint density at radius 3 is 2.89 bits per heavy atom. The first kappa shape index (κ1) is 13.3. The number of halogens is 3. The summed E-state index contributed by atoms with van der Waals surface area (Å²) < 4.78 is 39.5. The van der Waals surface area contributed by atoms with E-state index in [0.29, 0.717) is 11.0 Å². The maximum Gasteiger partial charge on any atom is 0.411 e. The van der Waals surface area contributed by atoms with Crippen LogP contribution in [0, 0.1) is 0 Å². The summed E-state index contributed by atoms with van der Waals surface area (Å²) in [6, 6.07) is 0. The highest BCUT2D eigenvalue weighted by Gasteiger charge is 2.28. The molecule has 1 amide bonds. The molecule has 1 saturated carbocycles. The van der Waals surface area contributed by atoms with Crippen LogP contribution < -0.4 is 5.32 Å². The number of anilines is 1. The van der Waals surface area contributed by atoms with E-state index in [1.165, 1.54) is 11.3 Å². The molecule has 1 heterocycles. The Morgan fingerprint density at radius 1 is 1.56 bits per heavy atom. The summed E-state index contributed by atoms with van der Waals surface area (Å²) in [6.45, 7) is -2.05. The molecule has 100 valence electrons. The lowest BCUT2D eigenvalue weighted by Gasteiger charge is -2.06. The summed E-state index contributed by atoms with van der Waals surface area (Å²) in [4.78, 5) is 15.4. The molecule has 1 aromatic heterocycles. The van der Waals surface area contributed by atoms with E-state index >= 15 is 0 Å². The summed E-state index contributed by atoms with van der Waals surface area (Å²) in [6.07, 6.45) is -2.21. The van der Waals surface area contributed by atoms with Crippen molar-refractivity contribution in [1.29, 1.82) is 0 Å². The van der Waals surface area contributed by atoms with Crippen LogP contribution in [0.25, 0.3) is 0 Å². The van der Waals surface area contributed by atoms with Crippen LogP contribution in [-0.4, -0.2) is 30.3 Å². The molecule has 1 aromatic rings. The number of aromatic nitrogens is 1. The monoisotopic (exact) mass is 280 g/mol. The molecule has 0 radical (unpaired) electrons. The Hall–Kier alpha value is -1.15. The number of rotatable bonds is 5. The Balaban J connectivity index is 1.72. The van der Waals surface area contributed by atoms with E-state index in [9.17, 15) is 18.0 Å². The molecule has 0 saturated heterocycles. The fourth-order valence-corrected chi connectivity index (χ4v) is 2.13. The van der Waals surface area contributed by atoms with Gasteiger partial charge in [0.05, 0.1) is 5.69 Å². The lowest BCUT2D eigenvalue weighted by atomic mass is 10.3. The lowest BCUT2D eigenvalue weighted by molar-refractivity contribution is -0.174. The molecule has 8 heteroatoms. The molecule has 0 unspecified atom stereocenters. The van der Waals surface area contributed by atoms with Gasteiger partial charge >= 0.3 is 6.18 Å². The number of alkyl halides is 3. The van der Waals surface area contributed by atoms with Crippen LogP contribution in [0.5, 0.6) is 0 Å². The SMILES string of the molecule is O=C(COCC(F)(F)F)Nc1nc(C2CC2)cs1. The highest BCUT2D eigenvalue weighted by molar-refractivity contribution is 7.13. The van der Waals surface area contributed by atoms with Crippen molar-refractivity contribution in [1.82, 2.24) is 4.98 Å². The zero-order valence-electron chi connectivity index (χ0n) is 9.29. The lowest BCUT2D eigenvalue weighted by Crippen LogP contribution is -2.23. The third-order valence-electron chi connectivity index (χ3n) is 2.26. The first-order chi connectivity index (χ1) is 8.44. The molecular formula is C10H11F3N2O2S. The smallest absolute Gasteiger partial charge is 0.362 e. The minimum atomic E-state index is -4.42. The normalized spacial score (nSPS) is 15.7. The number of carbonyl (C=O) groups excluding carboxylic acids is 1. The van der Waals surface area contributed by atoms with Crippen LogP contribution in [0.15, 0.2) is 5.38 Å². The van der Waals surface area contributed by atoms with Gasteiger partial charge in [0, 0.05) is 11.3 Å². The topological polar surface area (TPSA) is 51.2 Å². The van der Waals surface area contributed by atoms with E-state index in [0.717, 1.165) is 18.5 Å². The Bertz CT molecular complexity index is 429. The van der Waals surface area contributed by atoms with Gasteiger partial charge in [-0.1, -0.05) is 0 Å². The van der Waals surface area contributed by atoms with Crippen molar-refractivity contribution in [3.63, 3.8) is 0 Å². The van der Waals surface area contributed by atoms with Gasteiger partial charge in [-0.3, -0.25) is 10.1 Å². The zero-order chi connectivity index (χ0) is 13.2. The van der Waals surface area contributed by atoms with Crippen LogP contribution in [0.3, 0.4) is 0 Å². The number of thiazole rings is 1. The number of nitrogens with one attached hydrogen (secondary N) is 1. The van der Waals surface area contributed by atoms with Crippen molar-refractivity contribution in [2.24, 2.45) is 0 Å². The second-order valence-electron chi connectivity index (χ2n) is 4.01. The van der Waals surface area contributed by atoms with Crippen molar-refractivity contribution in [3.05, 3.63) is 11.1 Å². The molecule has 1 fully saturated rings. The zero-order valence-corrected chi connectivity index (χ0v) is 10.1. The van der Waals surface area contributed by atoms with E-state index in [2.05, 4.69) is 15.0 Å². The van der Waals surface area contributed by atoms with Gasteiger partial charge in [0.1, 0.15) is 13.2 Å². The van der Waals surface area contributed by atoms with E-state index in [4.69, 9.17) is 0 Å². The second-order valence-corrected chi connectivity index (χ2v) is 4.87. The number of amides is 1. The first-order valence-corrected chi connectivity index (χ1v) is 6.22. The third-order valence-corrected chi connectivity index (χ3v) is 3.04. The van der Waals surface area contributed by atoms with Crippen molar-refractivity contribution in [2.75, 3.05) is 18.5 Å². The summed E-state index contributed by atoms with van der Waals surface area (Å²) in [5.74, 6) is -0.149. The second kappa shape index (κ2) is 5.23. The summed E-state index contributed by atoms with van der Waals surface area (Å²) in [7, 11) is 0. The Labute approximate surface area is 105 Å². The summed E-state index contributed by atoms with van der Waals surface area (Å²) in [5.41, 5.74) is 0.937. The molecule has 1 aliphatic carbocycles. The largest absolute Gasteiger partial charge is 0.411 e. The number of nitrogens with zero attached hydrogens (tertiary/aromatic N) is 1. The van der Waals surface area contributed by atoms with Crippen molar-refractivity contribution in [3.8, 4) is 0 Å². The van der Waals surface area contributed by atoms with Gasteiger partial charge in [-0.25, -0.2) is 4.98 Å². The van der Waals surface area contributed by atoms with E-state index in [1.807, 2.05) is 5.38 Å². The third kappa shape index (κ3) is 4.26. The van der Waals surface area contributed by atoms with Gasteiger partial charge in [0.2, 0.25) is 0 Å². The summed E-state index contributed by atoms with van der Waals surface area (Å²) in [5, 5.41) is 4.66. The van der Waals surface area contributed by atoms with Gasteiger partial charge in [0.25, 0.3) is 5.91 Å². The molecule has 0 spiro atoms. The number of hydrogen-bond donors (Lipinski definition) is 1. The van der Waals surface area contributed by atoms with Crippen LogP contribution in [0.1, 0.15) is 24.5 Å². The van der Waals surface area contributed by atoms with Crippen LogP contribution in [-0.2, 0) is 9.53 Å². The molecule has 0 aromatic carbocycles. The minimum Gasteiger partial charge on any atom is -0.362 e. The van der Waals surface area contributed by atoms with Crippen molar-refractivity contribution >= 4 is 22.4 Å². The fourth-order valence-electron chi connectivity index (χ4n) is 1.32. The molecule has 0 aliphatic heterocycles. The average Bonchev–Trinajstić information content (AvgIpc) is 2.99. The molecule has 0 bridgehead atoms. The van der Waals surface area contributed by atoms with E-state index in [1.54, 1.807) is 0 Å². The van der Waals surface area contributed by atoms with Gasteiger partial charge in [-0.05, 0) is 12.8 Å². The predicted molar refractivity (Wildman–Crippen MR) is 59.6 cm³/mol. The van der Waals surface area contributed by atoms with Crippen molar-refractivity contribution in [2.45, 2.75) is 24.9 Å². The van der Waals surface area contributed by atoms with Crippen molar-refractivity contribution < 1.29 is 22.7 Å². The molecule has 18 heavy (non-hydrogen) atoms. The van der Waals surface area contributed by atoms with E-state index < -0.39 is 25.3 Å². The van der Waals surface area contributed by atoms with Crippen LogP contribution in [0.2, 0.25) is 0 Å². The fraction of sp³-hybridized carbons (Fsp3) is 0.600. The quantitative estimate of drug-likeness (QED) is 0.901. The van der Waals surface area contributed by atoms with E-state index in [-0.39, 0.29) is 0 Å². The van der Waals surface area contributed by atoms with Gasteiger partial charge in [0.15, 0.2) is 5.13 Å². The molecule has 1 N–H and O–H groups in total.